The summed E-state index contributed by atoms with van der Waals surface area (Å²) in [6, 6.07) is 2.34. The minimum Gasteiger partial charge on any atom is -0.443 e. The molecule has 0 aliphatic heterocycles. The number of rotatable bonds is 1. The lowest BCUT2D eigenvalue weighted by Crippen LogP contribution is -1.82. The van der Waals surface area contributed by atoms with E-state index in [1.807, 2.05) is 0 Å². The number of benzene rings is 1. The maximum Gasteiger partial charge on any atom is 0.181 e. The molecule has 0 amide bonds. The summed E-state index contributed by atoms with van der Waals surface area (Å²) >= 11 is 11.6. The van der Waals surface area contributed by atoms with Gasteiger partial charge in [-0.3, -0.25) is 0 Å². The molecule has 0 spiro atoms. The van der Waals surface area contributed by atoms with E-state index in [4.69, 9.17) is 27.6 Å². The molecule has 0 saturated heterocycles. The summed E-state index contributed by atoms with van der Waals surface area (Å²) in [5.74, 6) is -0.0664. The third-order valence-corrected chi connectivity index (χ3v) is 2.28. The normalized spacial score (nSPS) is 10.5. The van der Waals surface area contributed by atoms with Crippen LogP contribution in [-0.4, -0.2) is 4.98 Å². The van der Waals surface area contributed by atoms with Crippen LogP contribution in [0.1, 0.15) is 0 Å². The zero-order valence-electron chi connectivity index (χ0n) is 6.80. The van der Waals surface area contributed by atoms with Crippen molar-refractivity contribution in [2.24, 2.45) is 0 Å². The Balaban J connectivity index is 2.64. The zero-order valence-corrected chi connectivity index (χ0v) is 8.31. The molecule has 0 N–H and O–H groups in total. The standard InChI is InChI=1S/C9H4Cl2FNO/c10-6-1-5(12)2-7(11)9(6)8-3-13-4-14-8/h1-4H. The lowest BCUT2D eigenvalue weighted by Gasteiger charge is -2.02. The van der Waals surface area contributed by atoms with Crippen LogP contribution < -0.4 is 0 Å². The summed E-state index contributed by atoms with van der Waals surface area (Å²) in [6.45, 7) is 0. The van der Waals surface area contributed by atoms with E-state index in [9.17, 15) is 4.39 Å². The molecule has 0 bridgehead atoms. The van der Waals surface area contributed by atoms with Gasteiger partial charge in [0.05, 0.1) is 21.8 Å². The molecule has 0 fully saturated rings. The molecule has 0 aliphatic carbocycles. The van der Waals surface area contributed by atoms with Gasteiger partial charge in [0, 0.05) is 0 Å². The number of nitrogens with zero attached hydrogens (tertiary/aromatic N) is 1. The Morgan fingerprint density at radius 2 is 1.86 bits per heavy atom. The van der Waals surface area contributed by atoms with Gasteiger partial charge >= 0.3 is 0 Å². The van der Waals surface area contributed by atoms with E-state index in [-0.39, 0.29) is 10.0 Å². The van der Waals surface area contributed by atoms with Crippen LogP contribution in [0.15, 0.2) is 29.1 Å². The topological polar surface area (TPSA) is 26.0 Å². The molecule has 2 aromatic rings. The summed E-state index contributed by atoms with van der Waals surface area (Å²) in [6.07, 6.45) is 2.72. The van der Waals surface area contributed by atoms with Crippen molar-refractivity contribution >= 4 is 23.2 Å². The highest BCUT2D eigenvalue weighted by Crippen LogP contribution is 2.35. The first-order chi connectivity index (χ1) is 6.68. The lowest BCUT2D eigenvalue weighted by atomic mass is 10.2. The van der Waals surface area contributed by atoms with Crippen LogP contribution in [-0.2, 0) is 0 Å². The zero-order chi connectivity index (χ0) is 10.1. The summed E-state index contributed by atoms with van der Waals surface area (Å²) in [4.78, 5) is 3.73. The van der Waals surface area contributed by atoms with Crippen molar-refractivity contribution in [1.82, 2.24) is 4.98 Å². The Morgan fingerprint density at radius 1 is 1.21 bits per heavy atom. The van der Waals surface area contributed by atoms with Crippen LogP contribution in [0.2, 0.25) is 10.0 Å². The summed E-state index contributed by atoms with van der Waals surface area (Å²) in [5.41, 5.74) is 0.451. The first-order valence-electron chi connectivity index (χ1n) is 3.72. The quantitative estimate of drug-likeness (QED) is 0.747. The molecule has 1 heterocycles. The van der Waals surface area contributed by atoms with Gasteiger partial charge in [-0.2, -0.15) is 0 Å². The summed E-state index contributed by atoms with van der Waals surface area (Å²) < 4.78 is 17.9. The van der Waals surface area contributed by atoms with Crippen molar-refractivity contribution in [3.8, 4) is 11.3 Å². The summed E-state index contributed by atoms with van der Waals surface area (Å²) in [7, 11) is 0. The summed E-state index contributed by atoms with van der Waals surface area (Å²) in [5, 5.41) is 0.401. The third-order valence-electron chi connectivity index (χ3n) is 1.69. The largest absolute Gasteiger partial charge is 0.443 e. The van der Waals surface area contributed by atoms with Crippen molar-refractivity contribution in [2.45, 2.75) is 0 Å². The van der Waals surface area contributed by atoms with E-state index < -0.39 is 5.82 Å². The second kappa shape index (κ2) is 3.59. The van der Waals surface area contributed by atoms with Crippen LogP contribution in [0.4, 0.5) is 4.39 Å². The van der Waals surface area contributed by atoms with Gasteiger partial charge in [-0.15, -0.1) is 0 Å². The minimum atomic E-state index is -0.483. The number of aromatic nitrogens is 1. The lowest BCUT2D eigenvalue weighted by molar-refractivity contribution is 0.571. The van der Waals surface area contributed by atoms with Gasteiger partial charge in [0.15, 0.2) is 12.2 Å². The molecular formula is C9H4Cl2FNO. The highest BCUT2D eigenvalue weighted by atomic mass is 35.5. The fraction of sp³-hybridized carbons (Fsp3) is 0. The molecule has 0 saturated carbocycles. The monoisotopic (exact) mass is 231 g/mol. The minimum absolute atomic E-state index is 0.201. The molecule has 14 heavy (non-hydrogen) atoms. The number of hydrogen-bond acceptors (Lipinski definition) is 2. The molecule has 0 radical (unpaired) electrons. The molecule has 0 aliphatic rings. The van der Waals surface area contributed by atoms with Gasteiger partial charge < -0.3 is 4.42 Å². The van der Waals surface area contributed by atoms with E-state index in [0.717, 1.165) is 0 Å². The van der Waals surface area contributed by atoms with Crippen LogP contribution >= 0.6 is 23.2 Å². The molecule has 1 aromatic heterocycles. The van der Waals surface area contributed by atoms with Crippen LogP contribution in [0, 0.1) is 5.82 Å². The van der Waals surface area contributed by atoms with Gasteiger partial charge in [-0.1, -0.05) is 23.2 Å². The Bertz CT molecular complexity index is 433. The molecule has 2 nitrogen and oxygen atoms in total. The van der Waals surface area contributed by atoms with Gasteiger partial charge in [0.2, 0.25) is 0 Å². The molecule has 0 unspecified atom stereocenters. The van der Waals surface area contributed by atoms with Gasteiger partial charge in [-0.25, -0.2) is 9.37 Å². The number of hydrogen-bond donors (Lipinski definition) is 0. The van der Waals surface area contributed by atoms with E-state index in [1.165, 1.54) is 24.7 Å². The van der Waals surface area contributed by atoms with Crippen LogP contribution in [0.3, 0.4) is 0 Å². The van der Waals surface area contributed by atoms with Crippen molar-refractivity contribution in [2.75, 3.05) is 0 Å². The second-order valence-electron chi connectivity index (χ2n) is 2.61. The average Bonchev–Trinajstić information content (AvgIpc) is 2.54. The maximum atomic E-state index is 12.8. The molecule has 5 heteroatoms. The predicted octanol–water partition coefficient (Wildman–Crippen LogP) is 3.79. The number of oxazole rings is 1. The highest BCUT2D eigenvalue weighted by molar-refractivity contribution is 6.39. The average molecular weight is 232 g/mol. The third kappa shape index (κ3) is 1.61. The SMILES string of the molecule is Fc1cc(Cl)c(-c2cnco2)c(Cl)c1. The van der Waals surface area contributed by atoms with Gasteiger partial charge in [0.1, 0.15) is 5.82 Å². The fourth-order valence-corrected chi connectivity index (χ4v) is 1.76. The van der Waals surface area contributed by atoms with E-state index >= 15 is 0 Å². The molecule has 2 rings (SSSR count). The smallest absolute Gasteiger partial charge is 0.181 e. The van der Waals surface area contributed by atoms with Crippen LogP contribution in [0.25, 0.3) is 11.3 Å². The fourth-order valence-electron chi connectivity index (χ4n) is 1.12. The highest BCUT2D eigenvalue weighted by Gasteiger charge is 2.13. The molecule has 72 valence electrons. The van der Waals surface area contributed by atoms with Crippen molar-refractivity contribution < 1.29 is 8.81 Å². The molecule has 1 aromatic carbocycles. The van der Waals surface area contributed by atoms with E-state index in [1.54, 1.807) is 0 Å². The Kier molecular flexibility index (Phi) is 2.44. The Morgan fingerprint density at radius 3 is 2.36 bits per heavy atom. The van der Waals surface area contributed by atoms with Crippen molar-refractivity contribution in [1.29, 1.82) is 0 Å². The van der Waals surface area contributed by atoms with Gasteiger partial charge in [-0.05, 0) is 12.1 Å². The first kappa shape index (κ1) is 9.49. The van der Waals surface area contributed by atoms with E-state index in [0.29, 0.717) is 11.3 Å². The van der Waals surface area contributed by atoms with Crippen LogP contribution in [0.5, 0.6) is 0 Å². The Labute approximate surface area is 89.3 Å². The first-order valence-corrected chi connectivity index (χ1v) is 4.47. The molecule has 0 atom stereocenters. The number of halogens is 3. The van der Waals surface area contributed by atoms with Crippen molar-refractivity contribution in [3.05, 3.63) is 40.6 Å². The second-order valence-corrected chi connectivity index (χ2v) is 3.42. The molecular weight excluding hydrogens is 228 g/mol. The van der Waals surface area contributed by atoms with Gasteiger partial charge in [0.25, 0.3) is 0 Å². The maximum absolute atomic E-state index is 12.8. The Hall–Kier alpha value is -1.06. The van der Waals surface area contributed by atoms with Crippen molar-refractivity contribution in [3.63, 3.8) is 0 Å². The predicted molar refractivity (Wildman–Crippen MR) is 51.9 cm³/mol. The van der Waals surface area contributed by atoms with E-state index in [2.05, 4.69) is 4.98 Å².